The van der Waals surface area contributed by atoms with Crippen LogP contribution >= 0.6 is 0 Å². The quantitative estimate of drug-likeness (QED) is 0.343. The lowest BCUT2D eigenvalue weighted by Gasteiger charge is -2.14. The summed E-state index contributed by atoms with van der Waals surface area (Å²) >= 11 is 0. The fourth-order valence-corrected chi connectivity index (χ4v) is 2.69. The van der Waals surface area contributed by atoms with Gasteiger partial charge in [-0.05, 0) is 55.0 Å². The molecule has 9 heteroatoms. The molecule has 0 aliphatic carbocycles. The Kier molecular flexibility index (Phi) is 9.75. The zero-order valence-electron chi connectivity index (χ0n) is 17.9. The summed E-state index contributed by atoms with van der Waals surface area (Å²) in [4.78, 5) is 35.7. The molecule has 0 saturated carbocycles. The van der Waals surface area contributed by atoms with Gasteiger partial charge in [-0.25, -0.2) is 0 Å². The summed E-state index contributed by atoms with van der Waals surface area (Å²) < 4.78 is 0. The molecule has 2 atom stereocenters. The smallest absolute Gasteiger partial charge is 0.251 e. The number of amides is 2. The second kappa shape index (κ2) is 12.7. The number of hydrogen-bond donors (Lipinski definition) is 5. The van der Waals surface area contributed by atoms with Gasteiger partial charge in [-0.1, -0.05) is 11.8 Å². The van der Waals surface area contributed by atoms with Crippen molar-refractivity contribution >= 4 is 23.3 Å². The number of nitriles is 1. The van der Waals surface area contributed by atoms with Crippen molar-refractivity contribution in [2.24, 2.45) is 11.5 Å². The van der Waals surface area contributed by atoms with Crippen LogP contribution < -0.4 is 22.1 Å². The van der Waals surface area contributed by atoms with Crippen LogP contribution in [0.5, 0.6) is 0 Å². The highest BCUT2D eigenvalue weighted by atomic mass is 16.3. The molecule has 7 N–H and O–H groups in total. The van der Waals surface area contributed by atoms with Gasteiger partial charge >= 0.3 is 0 Å². The molecule has 0 bridgehead atoms. The predicted molar refractivity (Wildman–Crippen MR) is 123 cm³/mol. The van der Waals surface area contributed by atoms with E-state index in [2.05, 4.69) is 22.5 Å². The van der Waals surface area contributed by atoms with Gasteiger partial charge in [0.25, 0.3) is 5.91 Å². The fourth-order valence-electron chi connectivity index (χ4n) is 2.69. The highest BCUT2D eigenvalue weighted by molar-refractivity contribution is 5.98. The molecule has 9 nitrogen and oxygen atoms in total. The average Bonchev–Trinajstić information content (AvgIpc) is 2.84. The van der Waals surface area contributed by atoms with E-state index >= 15 is 0 Å². The highest BCUT2D eigenvalue weighted by Crippen LogP contribution is 2.10. The van der Waals surface area contributed by atoms with Crippen LogP contribution in [0.25, 0.3) is 0 Å². The van der Waals surface area contributed by atoms with Crippen LogP contribution in [0.1, 0.15) is 34.3 Å². The first-order valence-corrected chi connectivity index (χ1v) is 10.2. The SMILES string of the molecule is N#CCC[C@H](N)C(=O)Nc1ccc(C#Cc2ccc(C(=O)N[C@@H](CN)C(=O)CO)cc2)cc1. The monoisotopic (exact) mass is 447 g/mol. The van der Waals surface area contributed by atoms with Crippen molar-refractivity contribution in [3.05, 3.63) is 65.2 Å². The first-order chi connectivity index (χ1) is 15.9. The van der Waals surface area contributed by atoms with E-state index in [-0.39, 0.29) is 18.9 Å². The minimum absolute atomic E-state index is 0.106. The first-order valence-electron chi connectivity index (χ1n) is 10.2. The van der Waals surface area contributed by atoms with E-state index in [1.54, 1.807) is 48.5 Å². The Morgan fingerprint density at radius 2 is 1.58 bits per heavy atom. The number of carbonyl (C=O) groups excluding carboxylic acids is 3. The Bertz CT molecular complexity index is 1080. The maximum atomic E-state index is 12.2. The van der Waals surface area contributed by atoms with E-state index < -0.39 is 30.4 Å². The summed E-state index contributed by atoms with van der Waals surface area (Å²) in [7, 11) is 0. The molecule has 0 heterocycles. The molecule has 0 fully saturated rings. The number of benzene rings is 2. The van der Waals surface area contributed by atoms with Gasteiger partial charge in [0, 0.05) is 35.3 Å². The molecule has 0 spiro atoms. The second-order valence-electron chi connectivity index (χ2n) is 7.08. The van der Waals surface area contributed by atoms with Gasteiger partial charge in [0.1, 0.15) is 12.6 Å². The number of aliphatic hydroxyl groups is 1. The van der Waals surface area contributed by atoms with E-state index in [0.29, 0.717) is 23.2 Å². The van der Waals surface area contributed by atoms with Crippen LogP contribution in [-0.4, -0.2) is 47.9 Å². The summed E-state index contributed by atoms with van der Waals surface area (Å²) in [6.45, 7) is -0.801. The fraction of sp³-hybridized carbons (Fsp3) is 0.250. The highest BCUT2D eigenvalue weighted by Gasteiger charge is 2.18. The van der Waals surface area contributed by atoms with Gasteiger partial charge in [0.05, 0.1) is 12.1 Å². The number of aliphatic hydroxyl groups excluding tert-OH is 1. The van der Waals surface area contributed by atoms with Crippen molar-refractivity contribution in [1.29, 1.82) is 5.26 Å². The van der Waals surface area contributed by atoms with E-state index in [0.717, 1.165) is 5.56 Å². The second-order valence-corrected chi connectivity index (χ2v) is 7.08. The Hall–Kier alpha value is -4.02. The third-order valence-corrected chi connectivity index (χ3v) is 4.64. The van der Waals surface area contributed by atoms with Gasteiger partial charge in [-0.15, -0.1) is 0 Å². The molecule has 2 rings (SSSR count). The van der Waals surface area contributed by atoms with Crippen molar-refractivity contribution in [3.8, 4) is 17.9 Å². The molecule has 2 aromatic carbocycles. The number of rotatable bonds is 9. The molecule has 0 aliphatic rings. The zero-order chi connectivity index (χ0) is 24.2. The minimum atomic E-state index is -0.942. The van der Waals surface area contributed by atoms with Crippen molar-refractivity contribution in [1.82, 2.24) is 5.32 Å². The van der Waals surface area contributed by atoms with Crippen molar-refractivity contribution in [2.45, 2.75) is 24.9 Å². The maximum Gasteiger partial charge on any atom is 0.251 e. The van der Waals surface area contributed by atoms with E-state index in [1.165, 1.54) is 0 Å². The van der Waals surface area contributed by atoms with Crippen LogP contribution in [0.15, 0.2) is 48.5 Å². The van der Waals surface area contributed by atoms with Crippen LogP contribution in [0.3, 0.4) is 0 Å². The Balaban J connectivity index is 1.97. The summed E-state index contributed by atoms with van der Waals surface area (Å²) in [5, 5.41) is 22.7. The van der Waals surface area contributed by atoms with Crippen LogP contribution in [0, 0.1) is 23.2 Å². The Morgan fingerprint density at radius 3 is 2.09 bits per heavy atom. The van der Waals surface area contributed by atoms with Gasteiger partial charge in [0.2, 0.25) is 5.91 Å². The van der Waals surface area contributed by atoms with E-state index in [9.17, 15) is 14.4 Å². The van der Waals surface area contributed by atoms with Gasteiger partial charge in [0.15, 0.2) is 5.78 Å². The minimum Gasteiger partial charge on any atom is -0.388 e. The number of ketones is 1. The maximum absolute atomic E-state index is 12.2. The zero-order valence-corrected chi connectivity index (χ0v) is 17.9. The summed E-state index contributed by atoms with van der Waals surface area (Å²) in [5.41, 5.74) is 13.5. The molecular weight excluding hydrogens is 422 g/mol. The number of anilines is 1. The number of hydrogen-bond acceptors (Lipinski definition) is 7. The molecule has 0 aromatic heterocycles. The summed E-state index contributed by atoms with van der Waals surface area (Å²) in [6.07, 6.45) is 0.507. The summed E-state index contributed by atoms with van der Waals surface area (Å²) in [5.74, 6) is 4.59. The van der Waals surface area contributed by atoms with Crippen molar-refractivity contribution < 1.29 is 19.5 Å². The number of nitrogens with zero attached hydrogens (tertiary/aromatic N) is 1. The third kappa shape index (κ3) is 7.87. The molecular formula is C24H25N5O4. The normalized spacial score (nSPS) is 11.8. The van der Waals surface area contributed by atoms with Crippen LogP contribution in [0.2, 0.25) is 0 Å². The standard InChI is InChI=1S/C24H25N5O4/c25-13-1-2-20(27)24(33)28-19-11-7-17(8-12-19)4-3-16-5-9-18(10-6-16)23(32)29-21(14-26)22(31)15-30/h5-12,20-21,30H,1-2,14-15,26-27H2,(H,28,33)(H,29,32)/t20-,21-/m0/s1. The van der Waals surface area contributed by atoms with E-state index in [4.69, 9.17) is 21.8 Å². The molecule has 0 radical (unpaired) electrons. The lowest BCUT2D eigenvalue weighted by atomic mass is 10.1. The topological polar surface area (TPSA) is 171 Å². The molecule has 0 saturated heterocycles. The lowest BCUT2D eigenvalue weighted by Crippen LogP contribution is -2.46. The average molecular weight is 447 g/mol. The molecule has 0 unspecified atom stereocenters. The van der Waals surface area contributed by atoms with Crippen molar-refractivity contribution in [3.63, 3.8) is 0 Å². The third-order valence-electron chi connectivity index (χ3n) is 4.64. The number of nitrogens with one attached hydrogen (secondary N) is 2. The molecule has 0 aliphatic heterocycles. The number of carbonyl (C=O) groups is 3. The molecule has 170 valence electrons. The first kappa shape index (κ1) is 25.2. The Morgan fingerprint density at radius 1 is 1.00 bits per heavy atom. The summed E-state index contributed by atoms with van der Waals surface area (Å²) in [6, 6.07) is 13.7. The van der Waals surface area contributed by atoms with Gasteiger partial charge in [-0.3, -0.25) is 14.4 Å². The van der Waals surface area contributed by atoms with E-state index in [1.807, 2.05) is 6.07 Å². The number of nitrogens with two attached hydrogens (primary N) is 2. The van der Waals surface area contributed by atoms with Gasteiger partial charge in [-0.2, -0.15) is 5.26 Å². The van der Waals surface area contributed by atoms with Crippen LogP contribution in [0.4, 0.5) is 5.69 Å². The molecule has 33 heavy (non-hydrogen) atoms. The van der Waals surface area contributed by atoms with Crippen LogP contribution in [-0.2, 0) is 9.59 Å². The Labute approximate surface area is 191 Å². The predicted octanol–water partition coefficient (Wildman–Crippen LogP) is 0.274. The van der Waals surface area contributed by atoms with Gasteiger partial charge < -0.3 is 27.2 Å². The largest absolute Gasteiger partial charge is 0.388 e. The molecule has 2 aromatic rings. The number of Topliss-reactive ketones (excluding diaryl/α,β-unsaturated/α-hetero) is 1. The van der Waals surface area contributed by atoms with Crippen molar-refractivity contribution in [2.75, 3.05) is 18.5 Å². The lowest BCUT2D eigenvalue weighted by molar-refractivity contribution is -0.123. The molecule has 2 amide bonds.